The summed E-state index contributed by atoms with van der Waals surface area (Å²) in [5.41, 5.74) is 1.27. The van der Waals surface area contributed by atoms with Gasteiger partial charge in [-0.1, -0.05) is 13.8 Å². The zero-order valence-electron chi connectivity index (χ0n) is 18.5. The van der Waals surface area contributed by atoms with Gasteiger partial charge in [0.25, 0.3) is 0 Å². The number of nitrogens with zero attached hydrogens (tertiary/aromatic N) is 2. The van der Waals surface area contributed by atoms with Crippen molar-refractivity contribution < 1.29 is 22.7 Å². The molecule has 0 aliphatic carbocycles. The largest absolute Gasteiger partial charge is 0.379 e. The number of nitrogens with one attached hydrogen (secondary N) is 1. The smallest absolute Gasteiger partial charge is 0.243 e. The second kappa shape index (κ2) is 10.4. The minimum absolute atomic E-state index is 0.139. The molecule has 9 heteroatoms. The summed E-state index contributed by atoms with van der Waals surface area (Å²) < 4.78 is 32.5. The molecule has 0 unspecified atom stereocenters. The van der Waals surface area contributed by atoms with E-state index in [2.05, 4.69) is 5.32 Å². The van der Waals surface area contributed by atoms with E-state index in [9.17, 15) is 18.0 Å². The number of carbonyl (C=O) groups excluding carboxylic acids is 2. The third kappa shape index (κ3) is 5.39. The Morgan fingerprint density at radius 1 is 1.27 bits per heavy atom. The average molecular weight is 440 g/mol. The Bertz CT molecular complexity index is 865. The number of ether oxygens (including phenoxy) is 1. The third-order valence-electron chi connectivity index (χ3n) is 5.09. The van der Waals surface area contributed by atoms with E-state index < -0.39 is 16.1 Å². The monoisotopic (exact) mass is 439 g/mol. The van der Waals surface area contributed by atoms with Gasteiger partial charge in [-0.15, -0.1) is 0 Å². The summed E-state index contributed by atoms with van der Waals surface area (Å²) in [4.78, 5) is 26.6. The van der Waals surface area contributed by atoms with Crippen LogP contribution < -0.4 is 10.2 Å². The summed E-state index contributed by atoms with van der Waals surface area (Å²) in [5.74, 6) is -0.504. The van der Waals surface area contributed by atoms with Crippen LogP contribution in [-0.4, -0.2) is 62.9 Å². The number of rotatable bonds is 10. The van der Waals surface area contributed by atoms with Crippen LogP contribution in [0, 0.1) is 0 Å². The number of hydrogen-bond acceptors (Lipinski definition) is 5. The number of amides is 2. The fourth-order valence-electron chi connectivity index (χ4n) is 3.62. The zero-order chi connectivity index (χ0) is 22.5. The first-order valence-corrected chi connectivity index (χ1v) is 11.9. The summed E-state index contributed by atoms with van der Waals surface area (Å²) in [6.45, 7) is 10.6. The van der Waals surface area contributed by atoms with Gasteiger partial charge in [0.2, 0.25) is 21.8 Å². The van der Waals surface area contributed by atoms with Crippen LogP contribution in [0.25, 0.3) is 0 Å². The van der Waals surface area contributed by atoms with Gasteiger partial charge < -0.3 is 10.1 Å². The van der Waals surface area contributed by atoms with Gasteiger partial charge in [0, 0.05) is 45.3 Å². The van der Waals surface area contributed by atoms with E-state index in [1.54, 1.807) is 26.0 Å². The zero-order valence-corrected chi connectivity index (χ0v) is 19.3. The molecular formula is C21H33N3O5S. The molecule has 1 atom stereocenters. The molecule has 1 aromatic carbocycles. The van der Waals surface area contributed by atoms with E-state index in [4.69, 9.17) is 4.74 Å². The van der Waals surface area contributed by atoms with Gasteiger partial charge in [-0.2, -0.15) is 4.31 Å². The second-order valence-electron chi connectivity index (χ2n) is 7.55. The SMILES string of the molecule is CCN(CC)S(=O)(=O)c1ccc2c(c1)C[C@@H](C(=O)NCCCOC(C)C)N2C(C)=O. The minimum Gasteiger partial charge on any atom is -0.379 e. The Labute approximate surface area is 179 Å². The first-order valence-electron chi connectivity index (χ1n) is 10.5. The maximum atomic E-state index is 12.8. The van der Waals surface area contributed by atoms with Gasteiger partial charge in [-0.3, -0.25) is 14.5 Å². The minimum atomic E-state index is -3.61. The van der Waals surface area contributed by atoms with Crippen LogP contribution in [0.2, 0.25) is 0 Å². The van der Waals surface area contributed by atoms with Crippen molar-refractivity contribution in [3.8, 4) is 0 Å². The summed E-state index contributed by atoms with van der Waals surface area (Å²) in [5, 5.41) is 2.86. The van der Waals surface area contributed by atoms with Crippen molar-refractivity contribution in [1.29, 1.82) is 0 Å². The summed E-state index contributed by atoms with van der Waals surface area (Å²) >= 11 is 0. The molecule has 1 aliphatic heterocycles. The van der Waals surface area contributed by atoms with E-state index in [0.29, 0.717) is 43.9 Å². The van der Waals surface area contributed by atoms with E-state index >= 15 is 0 Å². The number of sulfonamides is 1. The molecule has 0 aromatic heterocycles. The molecule has 0 fully saturated rings. The van der Waals surface area contributed by atoms with Crippen molar-refractivity contribution in [3.63, 3.8) is 0 Å². The maximum absolute atomic E-state index is 12.8. The Balaban J connectivity index is 2.17. The van der Waals surface area contributed by atoms with Crippen LogP contribution in [0.4, 0.5) is 5.69 Å². The molecule has 30 heavy (non-hydrogen) atoms. The number of carbonyl (C=O) groups is 2. The fourth-order valence-corrected chi connectivity index (χ4v) is 5.13. The molecule has 2 rings (SSSR count). The normalized spacial score (nSPS) is 16.2. The third-order valence-corrected chi connectivity index (χ3v) is 7.14. The van der Waals surface area contributed by atoms with Crippen molar-refractivity contribution >= 4 is 27.5 Å². The number of anilines is 1. The predicted octanol–water partition coefficient (Wildman–Crippen LogP) is 1.93. The van der Waals surface area contributed by atoms with Crippen LogP contribution >= 0.6 is 0 Å². The molecule has 8 nitrogen and oxygen atoms in total. The topological polar surface area (TPSA) is 96.0 Å². The van der Waals surface area contributed by atoms with Gasteiger partial charge in [-0.05, 0) is 44.0 Å². The Kier molecular flexibility index (Phi) is 8.40. The van der Waals surface area contributed by atoms with E-state index in [0.717, 1.165) is 0 Å². The van der Waals surface area contributed by atoms with Crippen LogP contribution in [0.3, 0.4) is 0 Å². The molecule has 0 spiro atoms. The summed E-state index contributed by atoms with van der Waals surface area (Å²) in [6, 6.07) is 4.03. The fraction of sp³-hybridized carbons (Fsp3) is 0.619. The molecule has 1 N–H and O–H groups in total. The van der Waals surface area contributed by atoms with Gasteiger partial charge >= 0.3 is 0 Å². The Hall–Kier alpha value is -1.97. The molecule has 0 radical (unpaired) electrons. The molecule has 1 heterocycles. The molecule has 168 valence electrons. The van der Waals surface area contributed by atoms with Crippen molar-refractivity contribution in [1.82, 2.24) is 9.62 Å². The number of benzene rings is 1. The second-order valence-corrected chi connectivity index (χ2v) is 9.49. The van der Waals surface area contributed by atoms with E-state index in [-0.39, 0.29) is 29.2 Å². The van der Waals surface area contributed by atoms with E-state index in [1.165, 1.54) is 22.2 Å². The highest BCUT2D eigenvalue weighted by Gasteiger charge is 2.37. The summed E-state index contributed by atoms with van der Waals surface area (Å²) in [7, 11) is -3.61. The van der Waals surface area contributed by atoms with Crippen LogP contribution in [0.15, 0.2) is 23.1 Å². The molecule has 0 saturated carbocycles. The van der Waals surface area contributed by atoms with Gasteiger partial charge in [-0.25, -0.2) is 8.42 Å². The highest BCUT2D eigenvalue weighted by atomic mass is 32.2. The Morgan fingerprint density at radius 2 is 1.93 bits per heavy atom. The lowest BCUT2D eigenvalue weighted by Crippen LogP contribution is -2.47. The lowest BCUT2D eigenvalue weighted by molar-refractivity contribution is -0.125. The van der Waals surface area contributed by atoms with Crippen molar-refractivity contribution in [2.75, 3.05) is 31.1 Å². The van der Waals surface area contributed by atoms with Gasteiger partial charge in [0.1, 0.15) is 6.04 Å². The van der Waals surface area contributed by atoms with Gasteiger partial charge in [0.15, 0.2) is 0 Å². The van der Waals surface area contributed by atoms with Crippen LogP contribution in [0.1, 0.15) is 46.6 Å². The summed E-state index contributed by atoms with van der Waals surface area (Å²) in [6.07, 6.45) is 1.10. The van der Waals surface area contributed by atoms with Crippen LogP contribution in [-0.2, 0) is 30.8 Å². The maximum Gasteiger partial charge on any atom is 0.243 e. The van der Waals surface area contributed by atoms with Crippen molar-refractivity contribution in [2.45, 2.75) is 64.5 Å². The van der Waals surface area contributed by atoms with Crippen LogP contribution in [0.5, 0.6) is 0 Å². The highest BCUT2D eigenvalue weighted by molar-refractivity contribution is 7.89. The van der Waals surface area contributed by atoms with Crippen molar-refractivity contribution in [2.24, 2.45) is 0 Å². The molecule has 1 aliphatic rings. The average Bonchev–Trinajstić information content (AvgIpc) is 3.07. The van der Waals surface area contributed by atoms with Gasteiger partial charge in [0.05, 0.1) is 11.0 Å². The molecule has 0 bridgehead atoms. The number of fused-ring (bicyclic) bond motifs is 1. The quantitative estimate of drug-likeness (QED) is 0.562. The molecule has 1 aromatic rings. The molecular weight excluding hydrogens is 406 g/mol. The molecule has 0 saturated heterocycles. The predicted molar refractivity (Wildman–Crippen MR) is 116 cm³/mol. The number of hydrogen-bond donors (Lipinski definition) is 1. The lowest BCUT2D eigenvalue weighted by Gasteiger charge is -2.23. The van der Waals surface area contributed by atoms with E-state index in [1.807, 2.05) is 13.8 Å². The lowest BCUT2D eigenvalue weighted by atomic mass is 10.1. The van der Waals surface area contributed by atoms with Crippen molar-refractivity contribution in [3.05, 3.63) is 23.8 Å². The molecule has 2 amide bonds. The highest BCUT2D eigenvalue weighted by Crippen LogP contribution is 2.34. The standard InChI is InChI=1S/C21H33N3O5S/c1-6-23(7-2)30(27,28)18-9-10-19-17(13-18)14-20(24(19)16(5)25)21(26)22-11-8-12-29-15(3)4/h9-10,13,15,20H,6-8,11-12,14H2,1-5H3,(H,22,26)/t20-/m0/s1. The first kappa shape index (κ1) is 24.3. The Morgan fingerprint density at radius 3 is 2.50 bits per heavy atom. The first-order chi connectivity index (χ1) is 14.1.